The maximum atomic E-state index is 13.1. The third kappa shape index (κ3) is 2.70. The second-order valence-electron chi connectivity index (χ2n) is 4.41. The van der Waals surface area contributed by atoms with Crippen molar-refractivity contribution >= 4 is 38.4 Å². The van der Waals surface area contributed by atoms with Crippen LogP contribution in [0.15, 0.2) is 50.5 Å². The highest BCUT2D eigenvalue weighted by Gasteiger charge is 2.20. The van der Waals surface area contributed by atoms with Crippen LogP contribution in [-0.4, -0.2) is 13.4 Å². The topological polar surface area (TPSA) is 92.2 Å². The number of H-pyrrole nitrogens is 1. The molecule has 0 amide bonds. The maximum absolute atomic E-state index is 13.1. The molecule has 2 N–H and O–H groups in total. The summed E-state index contributed by atoms with van der Waals surface area (Å²) in [5.41, 5.74) is 0.375. The minimum atomic E-state index is -4.07. The van der Waals surface area contributed by atoms with Gasteiger partial charge in [0, 0.05) is 6.07 Å². The van der Waals surface area contributed by atoms with Crippen molar-refractivity contribution in [2.24, 2.45) is 0 Å². The minimum absolute atomic E-state index is 0.0479. The van der Waals surface area contributed by atoms with Crippen molar-refractivity contribution in [2.45, 2.75) is 4.90 Å². The summed E-state index contributed by atoms with van der Waals surface area (Å²) in [6.07, 6.45) is 0. The lowest BCUT2D eigenvalue weighted by Crippen LogP contribution is -2.13. The van der Waals surface area contributed by atoms with E-state index in [0.29, 0.717) is 0 Å². The lowest BCUT2D eigenvalue weighted by atomic mass is 10.3. The third-order valence-corrected chi connectivity index (χ3v) is 4.69. The van der Waals surface area contributed by atoms with E-state index in [0.717, 1.165) is 12.1 Å². The van der Waals surface area contributed by atoms with E-state index in [1.165, 1.54) is 24.3 Å². The Balaban J connectivity index is 2.08. The first kappa shape index (κ1) is 14.6. The molecule has 0 bridgehead atoms. The molecule has 0 spiro atoms. The lowest BCUT2D eigenvalue weighted by Gasteiger charge is -2.09. The summed E-state index contributed by atoms with van der Waals surface area (Å²) in [7, 11) is -4.07. The summed E-state index contributed by atoms with van der Waals surface area (Å²) in [6, 6.07) is 7.36. The fraction of sp³-hybridized carbons (Fsp3) is 0. The molecule has 0 unspecified atom stereocenters. The van der Waals surface area contributed by atoms with Crippen LogP contribution in [0.25, 0.3) is 11.1 Å². The number of fused-ring (bicyclic) bond motifs is 1. The van der Waals surface area contributed by atoms with E-state index in [4.69, 9.17) is 16.0 Å². The van der Waals surface area contributed by atoms with Gasteiger partial charge in [-0.25, -0.2) is 17.6 Å². The van der Waals surface area contributed by atoms with Gasteiger partial charge in [0.15, 0.2) is 5.58 Å². The zero-order valence-electron chi connectivity index (χ0n) is 10.8. The van der Waals surface area contributed by atoms with E-state index in [9.17, 15) is 17.6 Å². The van der Waals surface area contributed by atoms with Crippen LogP contribution in [0, 0.1) is 5.82 Å². The first-order valence-corrected chi connectivity index (χ1v) is 7.82. The number of rotatable bonds is 3. The Labute approximate surface area is 128 Å². The fourth-order valence-corrected chi connectivity index (χ4v) is 3.51. The Hall–Kier alpha value is -2.32. The maximum Gasteiger partial charge on any atom is 0.417 e. The van der Waals surface area contributed by atoms with Gasteiger partial charge in [-0.2, -0.15) is 0 Å². The number of benzene rings is 2. The molecule has 3 rings (SSSR count). The summed E-state index contributed by atoms with van der Waals surface area (Å²) >= 11 is 5.94. The second kappa shape index (κ2) is 5.15. The summed E-state index contributed by atoms with van der Waals surface area (Å²) in [5, 5.41) is -0.103. The molecule has 0 aliphatic rings. The number of nitrogens with one attached hydrogen (secondary N) is 2. The molecule has 0 aliphatic heterocycles. The molecule has 0 saturated carbocycles. The molecule has 0 radical (unpaired) electrons. The van der Waals surface area contributed by atoms with Gasteiger partial charge in [0.1, 0.15) is 10.7 Å². The second-order valence-corrected chi connectivity index (χ2v) is 6.47. The fourth-order valence-electron chi connectivity index (χ4n) is 1.92. The molecule has 1 heterocycles. The van der Waals surface area contributed by atoms with Crippen LogP contribution in [0.2, 0.25) is 5.02 Å². The molecule has 114 valence electrons. The van der Waals surface area contributed by atoms with Gasteiger partial charge in [-0.05, 0) is 24.3 Å². The lowest BCUT2D eigenvalue weighted by molar-refractivity contribution is 0.554. The van der Waals surface area contributed by atoms with Gasteiger partial charge in [0.05, 0.1) is 16.2 Å². The molecule has 9 heteroatoms. The Morgan fingerprint density at radius 3 is 2.73 bits per heavy atom. The Morgan fingerprint density at radius 1 is 1.23 bits per heavy atom. The number of aromatic amines is 1. The van der Waals surface area contributed by atoms with Crippen LogP contribution in [0.5, 0.6) is 0 Å². The number of halogens is 2. The van der Waals surface area contributed by atoms with Crippen molar-refractivity contribution in [1.82, 2.24) is 4.98 Å². The summed E-state index contributed by atoms with van der Waals surface area (Å²) < 4.78 is 44.8. The molecule has 2 aromatic carbocycles. The highest BCUT2D eigenvalue weighted by molar-refractivity contribution is 7.92. The zero-order valence-corrected chi connectivity index (χ0v) is 12.3. The molecule has 1 aromatic heterocycles. The highest BCUT2D eigenvalue weighted by Crippen LogP contribution is 2.28. The SMILES string of the molecule is O=c1[nH]c2cc(Cl)c(S(=O)(=O)Nc3cccc(F)c3)cc2o1. The van der Waals surface area contributed by atoms with Crippen LogP contribution in [0.4, 0.5) is 10.1 Å². The summed E-state index contributed by atoms with van der Waals surface area (Å²) in [5.74, 6) is -1.31. The van der Waals surface area contributed by atoms with Gasteiger partial charge in [-0.3, -0.25) is 9.71 Å². The molecule has 6 nitrogen and oxygen atoms in total. The van der Waals surface area contributed by atoms with E-state index < -0.39 is 21.6 Å². The van der Waals surface area contributed by atoms with Crippen molar-refractivity contribution in [1.29, 1.82) is 0 Å². The quantitative estimate of drug-likeness (QED) is 0.765. The predicted octanol–water partition coefficient (Wildman–Crippen LogP) is 2.71. The molecule has 0 atom stereocenters. The van der Waals surface area contributed by atoms with E-state index in [1.54, 1.807) is 0 Å². The van der Waals surface area contributed by atoms with Gasteiger partial charge in [0.25, 0.3) is 10.0 Å². The largest absolute Gasteiger partial charge is 0.417 e. The highest BCUT2D eigenvalue weighted by atomic mass is 35.5. The van der Waals surface area contributed by atoms with E-state index >= 15 is 0 Å². The molecule has 3 aromatic rings. The minimum Gasteiger partial charge on any atom is -0.408 e. The smallest absolute Gasteiger partial charge is 0.408 e. The van der Waals surface area contributed by atoms with Crippen molar-refractivity contribution in [2.75, 3.05) is 4.72 Å². The van der Waals surface area contributed by atoms with E-state index in [-0.39, 0.29) is 26.7 Å². The number of anilines is 1. The predicted molar refractivity (Wildman–Crippen MR) is 79.1 cm³/mol. The average molecular weight is 343 g/mol. The average Bonchev–Trinajstić information content (AvgIpc) is 2.76. The van der Waals surface area contributed by atoms with Crippen LogP contribution in [0.1, 0.15) is 0 Å². The van der Waals surface area contributed by atoms with Crippen LogP contribution < -0.4 is 10.5 Å². The first-order valence-electron chi connectivity index (χ1n) is 5.96. The number of oxazole rings is 1. The van der Waals surface area contributed by atoms with Gasteiger partial charge >= 0.3 is 5.76 Å². The van der Waals surface area contributed by atoms with Crippen molar-refractivity contribution in [3.8, 4) is 0 Å². The van der Waals surface area contributed by atoms with Crippen molar-refractivity contribution in [3.63, 3.8) is 0 Å². The summed E-state index contributed by atoms with van der Waals surface area (Å²) in [4.78, 5) is 13.2. The van der Waals surface area contributed by atoms with E-state index in [1.807, 2.05) is 0 Å². The van der Waals surface area contributed by atoms with E-state index in [2.05, 4.69) is 9.71 Å². The number of hydrogen-bond donors (Lipinski definition) is 2. The Bertz CT molecular complexity index is 1030. The van der Waals surface area contributed by atoms with Gasteiger partial charge < -0.3 is 4.42 Å². The molecular formula is C13H8ClFN2O4S. The monoisotopic (exact) mass is 342 g/mol. The number of aromatic nitrogens is 1. The molecular weight excluding hydrogens is 335 g/mol. The van der Waals surface area contributed by atoms with Gasteiger partial charge in [-0.1, -0.05) is 17.7 Å². The molecule has 0 fully saturated rings. The molecule has 0 aliphatic carbocycles. The van der Waals surface area contributed by atoms with Gasteiger partial charge in [-0.15, -0.1) is 0 Å². The molecule has 0 saturated heterocycles. The van der Waals surface area contributed by atoms with Crippen LogP contribution in [0.3, 0.4) is 0 Å². The normalized spacial score (nSPS) is 11.7. The number of sulfonamides is 1. The van der Waals surface area contributed by atoms with Crippen molar-refractivity contribution in [3.05, 3.63) is 57.8 Å². The summed E-state index contributed by atoms with van der Waals surface area (Å²) in [6.45, 7) is 0. The zero-order chi connectivity index (χ0) is 15.9. The standard InChI is InChI=1S/C13H8ClFN2O4S/c14-9-5-10-11(21-13(18)16-10)6-12(9)22(19,20)17-8-3-1-2-7(15)4-8/h1-6,17H,(H,16,18). The Kier molecular flexibility index (Phi) is 3.42. The van der Waals surface area contributed by atoms with Crippen molar-refractivity contribution < 1.29 is 17.2 Å². The number of hydrogen-bond acceptors (Lipinski definition) is 4. The van der Waals surface area contributed by atoms with Gasteiger partial charge in [0.2, 0.25) is 0 Å². The third-order valence-electron chi connectivity index (χ3n) is 2.84. The first-order chi connectivity index (χ1) is 10.3. The van der Waals surface area contributed by atoms with Crippen LogP contribution >= 0.6 is 11.6 Å². The Morgan fingerprint density at radius 2 is 2.00 bits per heavy atom. The van der Waals surface area contributed by atoms with Crippen LogP contribution in [-0.2, 0) is 10.0 Å². The molecule has 22 heavy (non-hydrogen) atoms.